The lowest BCUT2D eigenvalue weighted by molar-refractivity contribution is -0.138. The van der Waals surface area contributed by atoms with E-state index < -0.39 is 0 Å². The summed E-state index contributed by atoms with van der Waals surface area (Å²) in [6.07, 6.45) is 5.28. The second-order valence-corrected chi connectivity index (χ2v) is 7.22. The van der Waals surface area contributed by atoms with E-state index in [-0.39, 0.29) is 11.8 Å². The lowest BCUT2D eigenvalue weighted by Gasteiger charge is -2.35. The van der Waals surface area contributed by atoms with Gasteiger partial charge in [-0.2, -0.15) is 0 Å². The second kappa shape index (κ2) is 8.48. The van der Waals surface area contributed by atoms with Gasteiger partial charge in [0.2, 0.25) is 11.8 Å². The number of likely N-dealkylation sites (tertiary alicyclic amines) is 2. The van der Waals surface area contributed by atoms with Gasteiger partial charge < -0.3 is 9.80 Å². The van der Waals surface area contributed by atoms with Crippen LogP contribution in [0.2, 0.25) is 0 Å². The summed E-state index contributed by atoms with van der Waals surface area (Å²) < 4.78 is 0. The molecule has 0 aliphatic carbocycles. The lowest BCUT2D eigenvalue weighted by atomic mass is 9.94. The molecule has 2 amide bonds. The fraction of sp³-hybridized carbons (Fsp3) is 0.600. The van der Waals surface area contributed by atoms with Crippen molar-refractivity contribution in [3.05, 3.63) is 30.3 Å². The maximum Gasteiger partial charge on any atom is 0.240 e. The van der Waals surface area contributed by atoms with E-state index >= 15 is 0 Å². The fourth-order valence-electron chi connectivity index (χ4n) is 3.80. The third-order valence-electron chi connectivity index (χ3n) is 5.48. The molecule has 5 heteroatoms. The lowest BCUT2D eigenvalue weighted by Crippen LogP contribution is -2.46. The maximum atomic E-state index is 12.6. The van der Waals surface area contributed by atoms with Crippen LogP contribution in [0.15, 0.2) is 30.3 Å². The van der Waals surface area contributed by atoms with Crippen LogP contribution in [-0.4, -0.2) is 61.4 Å². The van der Waals surface area contributed by atoms with Crippen LogP contribution in [0.1, 0.15) is 32.1 Å². The first kappa shape index (κ1) is 17.9. The largest absolute Gasteiger partial charge is 0.342 e. The Hall–Kier alpha value is -1.88. The van der Waals surface area contributed by atoms with E-state index in [0.29, 0.717) is 12.5 Å². The highest BCUT2D eigenvalue weighted by Crippen LogP contribution is 2.22. The number of nitrogens with zero attached hydrogens (tertiary/aromatic N) is 3. The van der Waals surface area contributed by atoms with Gasteiger partial charge in [-0.05, 0) is 57.3 Å². The second-order valence-electron chi connectivity index (χ2n) is 7.22. The standard InChI is InChI=1S/C20H29N3O2/c1-21(18-8-4-2-5-9-18)19(24)16-22-14-10-17(11-15-22)20(25)23-12-6-3-7-13-23/h2,4-5,8-9,17H,3,6-7,10-16H2,1H3. The van der Waals surface area contributed by atoms with Gasteiger partial charge in [0.05, 0.1) is 6.54 Å². The van der Waals surface area contributed by atoms with Gasteiger partial charge in [0, 0.05) is 31.7 Å². The third kappa shape index (κ3) is 4.60. The number of hydrogen-bond donors (Lipinski definition) is 0. The summed E-state index contributed by atoms with van der Waals surface area (Å²) in [5.74, 6) is 0.593. The van der Waals surface area contributed by atoms with Crippen molar-refractivity contribution in [1.82, 2.24) is 9.80 Å². The number of anilines is 1. The van der Waals surface area contributed by atoms with Crippen molar-refractivity contribution in [2.45, 2.75) is 32.1 Å². The van der Waals surface area contributed by atoms with Gasteiger partial charge in [0.15, 0.2) is 0 Å². The zero-order chi connectivity index (χ0) is 17.6. The molecule has 0 radical (unpaired) electrons. The van der Waals surface area contributed by atoms with Crippen LogP contribution in [-0.2, 0) is 9.59 Å². The molecular formula is C20H29N3O2. The molecule has 0 bridgehead atoms. The van der Waals surface area contributed by atoms with Gasteiger partial charge in [-0.3, -0.25) is 14.5 Å². The van der Waals surface area contributed by atoms with E-state index in [2.05, 4.69) is 9.80 Å². The molecule has 2 aliphatic rings. The Kier molecular flexibility index (Phi) is 6.08. The molecule has 5 nitrogen and oxygen atoms in total. The molecule has 25 heavy (non-hydrogen) atoms. The van der Waals surface area contributed by atoms with E-state index in [1.54, 1.807) is 4.90 Å². The molecule has 2 heterocycles. The molecular weight excluding hydrogens is 314 g/mol. The van der Waals surface area contributed by atoms with Crippen molar-refractivity contribution in [3.63, 3.8) is 0 Å². The molecule has 0 atom stereocenters. The molecule has 2 saturated heterocycles. The zero-order valence-electron chi connectivity index (χ0n) is 15.2. The number of likely N-dealkylation sites (N-methyl/N-ethyl adjacent to an activating group) is 1. The Balaban J connectivity index is 1.46. The molecule has 0 N–H and O–H groups in total. The van der Waals surface area contributed by atoms with Crippen LogP contribution >= 0.6 is 0 Å². The minimum atomic E-state index is 0.104. The van der Waals surface area contributed by atoms with Crippen LogP contribution in [0.25, 0.3) is 0 Å². The molecule has 2 fully saturated rings. The summed E-state index contributed by atoms with van der Waals surface area (Å²) in [5, 5.41) is 0. The summed E-state index contributed by atoms with van der Waals surface area (Å²) in [5.41, 5.74) is 0.919. The Morgan fingerprint density at radius 3 is 2.28 bits per heavy atom. The van der Waals surface area contributed by atoms with E-state index in [0.717, 1.165) is 57.5 Å². The smallest absolute Gasteiger partial charge is 0.240 e. The van der Waals surface area contributed by atoms with Crippen LogP contribution < -0.4 is 4.90 Å². The summed E-state index contributed by atoms with van der Waals surface area (Å²) in [7, 11) is 1.82. The number of carbonyl (C=O) groups is 2. The molecule has 0 spiro atoms. The number of hydrogen-bond acceptors (Lipinski definition) is 3. The monoisotopic (exact) mass is 343 g/mol. The quantitative estimate of drug-likeness (QED) is 0.843. The van der Waals surface area contributed by atoms with Gasteiger partial charge in [-0.25, -0.2) is 0 Å². The highest BCUT2D eigenvalue weighted by atomic mass is 16.2. The topological polar surface area (TPSA) is 43.9 Å². The van der Waals surface area contributed by atoms with Gasteiger partial charge >= 0.3 is 0 Å². The van der Waals surface area contributed by atoms with Crippen molar-refractivity contribution in [2.24, 2.45) is 5.92 Å². The third-order valence-corrected chi connectivity index (χ3v) is 5.48. The van der Waals surface area contributed by atoms with E-state index in [1.807, 2.05) is 37.4 Å². The molecule has 0 saturated carbocycles. The zero-order valence-corrected chi connectivity index (χ0v) is 15.2. The number of piperidine rings is 2. The molecule has 0 unspecified atom stereocenters. The summed E-state index contributed by atoms with van der Waals surface area (Å²) in [6.45, 7) is 3.95. The molecule has 3 rings (SSSR count). The predicted molar refractivity (Wildman–Crippen MR) is 99.4 cm³/mol. The Bertz CT molecular complexity index is 576. The van der Waals surface area contributed by atoms with Crippen molar-refractivity contribution >= 4 is 17.5 Å². The first-order valence-electron chi connectivity index (χ1n) is 9.48. The summed E-state index contributed by atoms with van der Waals surface area (Å²) >= 11 is 0. The van der Waals surface area contributed by atoms with Crippen molar-refractivity contribution < 1.29 is 9.59 Å². The van der Waals surface area contributed by atoms with Crippen molar-refractivity contribution in [2.75, 3.05) is 44.7 Å². The number of amides is 2. The Labute approximate surface area is 150 Å². The number of benzene rings is 1. The SMILES string of the molecule is CN(C(=O)CN1CCC(C(=O)N2CCCCC2)CC1)c1ccccc1. The average Bonchev–Trinajstić information content (AvgIpc) is 2.68. The predicted octanol–water partition coefficient (Wildman–Crippen LogP) is 2.37. The molecule has 0 aromatic heterocycles. The minimum absolute atomic E-state index is 0.104. The van der Waals surface area contributed by atoms with Gasteiger partial charge in [0.25, 0.3) is 0 Å². The Morgan fingerprint density at radius 2 is 1.64 bits per heavy atom. The highest BCUT2D eigenvalue weighted by molar-refractivity contribution is 5.94. The van der Waals surface area contributed by atoms with Crippen molar-refractivity contribution in [1.29, 1.82) is 0 Å². The van der Waals surface area contributed by atoms with Gasteiger partial charge in [0.1, 0.15) is 0 Å². The first-order valence-corrected chi connectivity index (χ1v) is 9.48. The van der Waals surface area contributed by atoms with Gasteiger partial charge in [-0.1, -0.05) is 18.2 Å². The molecule has 136 valence electrons. The number of carbonyl (C=O) groups excluding carboxylic acids is 2. The maximum absolute atomic E-state index is 12.6. The molecule has 2 aliphatic heterocycles. The van der Waals surface area contributed by atoms with Crippen molar-refractivity contribution in [3.8, 4) is 0 Å². The minimum Gasteiger partial charge on any atom is -0.342 e. The Morgan fingerprint density at radius 1 is 1.00 bits per heavy atom. The number of rotatable bonds is 4. The normalized spacial score (nSPS) is 19.6. The van der Waals surface area contributed by atoms with Gasteiger partial charge in [-0.15, -0.1) is 0 Å². The van der Waals surface area contributed by atoms with E-state index in [1.165, 1.54) is 6.42 Å². The average molecular weight is 343 g/mol. The van der Waals surface area contributed by atoms with Crippen LogP contribution in [0.3, 0.4) is 0 Å². The fourth-order valence-corrected chi connectivity index (χ4v) is 3.80. The summed E-state index contributed by atoms with van der Waals surface area (Å²) in [4.78, 5) is 31.0. The van der Waals surface area contributed by atoms with Crippen LogP contribution in [0.4, 0.5) is 5.69 Å². The van der Waals surface area contributed by atoms with E-state index in [9.17, 15) is 9.59 Å². The highest BCUT2D eigenvalue weighted by Gasteiger charge is 2.30. The molecule has 1 aromatic rings. The molecule has 1 aromatic carbocycles. The summed E-state index contributed by atoms with van der Waals surface area (Å²) in [6, 6.07) is 9.72. The van der Waals surface area contributed by atoms with Crippen LogP contribution in [0, 0.1) is 5.92 Å². The number of para-hydroxylation sites is 1. The van der Waals surface area contributed by atoms with Crippen LogP contribution in [0.5, 0.6) is 0 Å². The van der Waals surface area contributed by atoms with E-state index in [4.69, 9.17) is 0 Å². The first-order chi connectivity index (χ1) is 12.1.